The molecule has 0 radical (unpaired) electrons. The number of halogens is 2. The van der Waals surface area contributed by atoms with Gasteiger partial charge in [-0.2, -0.15) is 0 Å². The maximum atomic E-state index is 12.7. The van der Waals surface area contributed by atoms with Gasteiger partial charge in [0.25, 0.3) is 0 Å². The number of aliphatic carboxylic acids is 1. The number of rotatable bonds is 5. The van der Waals surface area contributed by atoms with Gasteiger partial charge in [0, 0.05) is 19.5 Å². The minimum Gasteiger partial charge on any atom is -0.481 e. The van der Waals surface area contributed by atoms with Crippen LogP contribution in [0.5, 0.6) is 0 Å². The Morgan fingerprint density at radius 1 is 1.29 bits per heavy atom. The molecule has 0 aromatic rings. The molecule has 1 rings (SSSR count). The topological polar surface area (TPSA) is 40.5 Å². The fourth-order valence-electron chi connectivity index (χ4n) is 1.59. The zero-order valence-corrected chi connectivity index (χ0v) is 7.96. The number of hydrogen-bond donors (Lipinski definition) is 1. The first kappa shape index (κ1) is 11.4. The maximum absolute atomic E-state index is 12.7. The summed E-state index contributed by atoms with van der Waals surface area (Å²) in [4.78, 5) is 11.9. The SMILES string of the molecule is O=C(O)CCCCN1C[C@@H](F)[C@@H](F)C1. The van der Waals surface area contributed by atoms with Gasteiger partial charge in [0.15, 0.2) is 0 Å². The molecule has 0 amide bonds. The fourth-order valence-corrected chi connectivity index (χ4v) is 1.59. The molecule has 1 heterocycles. The standard InChI is InChI=1S/C9H15F2NO2/c10-7-5-12(6-8(7)11)4-2-1-3-9(13)14/h7-8H,1-6H2,(H,13,14)/t7-,8+. The van der Waals surface area contributed by atoms with Gasteiger partial charge >= 0.3 is 5.97 Å². The Morgan fingerprint density at radius 3 is 2.36 bits per heavy atom. The summed E-state index contributed by atoms with van der Waals surface area (Å²) in [6.45, 7) is 0.886. The molecule has 1 aliphatic rings. The van der Waals surface area contributed by atoms with Crippen LogP contribution >= 0.6 is 0 Å². The predicted molar refractivity (Wildman–Crippen MR) is 47.7 cm³/mol. The van der Waals surface area contributed by atoms with Crippen LogP contribution < -0.4 is 0 Å². The van der Waals surface area contributed by atoms with E-state index in [4.69, 9.17) is 5.11 Å². The summed E-state index contributed by atoms with van der Waals surface area (Å²) >= 11 is 0. The lowest BCUT2D eigenvalue weighted by molar-refractivity contribution is -0.137. The summed E-state index contributed by atoms with van der Waals surface area (Å²) in [6.07, 6.45) is -1.35. The van der Waals surface area contributed by atoms with Crippen molar-refractivity contribution >= 4 is 5.97 Å². The number of hydrogen-bond acceptors (Lipinski definition) is 2. The van der Waals surface area contributed by atoms with Crippen LogP contribution in [0.1, 0.15) is 19.3 Å². The summed E-state index contributed by atoms with van der Waals surface area (Å²) in [7, 11) is 0. The third kappa shape index (κ3) is 3.57. The van der Waals surface area contributed by atoms with Gasteiger partial charge in [-0.15, -0.1) is 0 Å². The van der Waals surface area contributed by atoms with Crippen molar-refractivity contribution in [3.63, 3.8) is 0 Å². The van der Waals surface area contributed by atoms with Gasteiger partial charge in [-0.1, -0.05) is 0 Å². The molecule has 1 N–H and O–H groups in total. The van der Waals surface area contributed by atoms with Crippen molar-refractivity contribution in [3.05, 3.63) is 0 Å². The summed E-state index contributed by atoms with van der Waals surface area (Å²) in [5, 5.41) is 8.36. The summed E-state index contributed by atoms with van der Waals surface area (Å²) in [6, 6.07) is 0. The molecule has 0 spiro atoms. The smallest absolute Gasteiger partial charge is 0.303 e. The number of alkyl halides is 2. The summed E-state index contributed by atoms with van der Waals surface area (Å²) < 4.78 is 25.4. The number of carboxylic acid groups (broad SMARTS) is 1. The average Bonchev–Trinajstić information content (AvgIpc) is 2.40. The number of carboxylic acids is 1. The number of nitrogens with zero attached hydrogens (tertiary/aromatic N) is 1. The first-order chi connectivity index (χ1) is 6.59. The molecule has 1 aliphatic heterocycles. The molecule has 0 aromatic heterocycles. The number of likely N-dealkylation sites (tertiary alicyclic amines) is 1. The molecule has 1 saturated heterocycles. The van der Waals surface area contributed by atoms with Crippen LogP contribution in [0.15, 0.2) is 0 Å². The zero-order chi connectivity index (χ0) is 10.6. The largest absolute Gasteiger partial charge is 0.481 e. The second-order valence-electron chi connectivity index (χ2n) is 3.64. The molecule has 14 heavy (non-hydrogen) atoms. The van der Waals surface area contributed by atoms with Crippen molar-refractivity contribution in [2.45, 2.75) is 31.6 Å². The minimum atomic E-state index is -1.37. The molecule has 0 bridgehead atoms. The van der Waals surface area contributed by atoms with E-state index in [0.717, 1.165) is 0 Å². The second-order valence-corrected chi connectivity index (χ2v) is 3.64. The van der Waals surface area contributed by atoms with Gasteiger partial charge in [-0.25, -0.2) is 8.78 Å². The fraction of sp³-hybridized carbons (Fsp3) is 0.889. The van der Waals surface area contributed by atoms with Crippen LogP contribution in [0.2, 0.25) is 0 Å². The quantitative estimate of drug-likeness (QED) is 0.689. The lowest BCUT2D eigenvalue weighted by Gasteiger charge is -2.12. The monoisotopic (exact) mass is 207 g/mol. The van der Waals surface area contributed by atoms with Crippen LogP contribution in [0.4, 0.5) is 8.78 Å². The van der Waals surface area contributed by atoms with E-state index < -0.39 is 18.3 Å². The van der Waals surface area contributed by atoms with E-state index in [1.807, 2.05) is 0 Å². The Kier molecular flexibility index (Phi) is 4.25. The lowest BCUT2D eigenvalue weighted by Crippen LogP contribution is -2.22. The van der Waals surface area contributed by atoms with Crippen LogP contribution in [0.25, 0.3) is 0 Å². The molecule has 5 heteroatoms. The van der Waals surface area contributed by atoms with Gasteiger partial charge < -0.3 is 5.11 Å². The second kappa shape index (κ2) is 5.24. The highest BCUT2D eigenvalue weighted by Gasteiger charge is 2.32. The molecular weight excluding hydrogens is 192 g/mol. The highest BCUT2D eigenvalue weighted by Crippen LogP contribution is 2.16. The van der Waals surface area contributed by atoms with Crippen LogP contribution in [0.3, 0.4) is 0 Å². The molecule has 1 fully saturated rings. The van der Waals surface area contributed by atoms with Crippen LogP contribution in [-0.2, 0) is 4.79 Å². The Balaban J connectivity index is 2.06. The maximum Gasteiger partial charge on any atom is 0.303 e. The first-order valence-corrected chi connectivity index (χ1v) is 4.82. The molecule has 0 saturated carbocycles. The lowest BCUT2D eigenvalue weighted by atomic mass is 10.2. The molecule has 82 valence electrons. The first-order valence-electron chi connectivity index (χ1n) is 4.82. The third-order valence-electron chi connectivity index (χ3n) is 2.37. The number of carbonyl (C=O) groups is 1. The van der Waals surface area contributed by atoms with E-state index in [1.165, 1.54) is 0 Å². The molecule has 3 nitrogen and oxygen atoms in total. The normalized spacial score (nSPS) is 28.1. The Labute approximate surface area is 81.7 Å². The van der Waals surface area contributed by atoms with Crippen molar-refractivity contribution in [3.8, 4) is 0 Å². The van der Waals surface area contributed by atoms with Crippen molar-refractivity contribution in [1.82, 2.24) is 4.90 Å². The highest BCUT2D eigenvalue weighted by atomic mass is 19.2. The van der Waals surface area contributed by atoms with Gasteiger partial charge in [0.2, 0.25) is 0 Å². The van der Waals surface area contributed by atoms with E-state index >= 15 is 0 Å². The summed E-state index contributed by atoms with van der Waals surface area (Å²) in [5.41, 5.74) is 0. The van der Waals surface area contributed by atoms with Gasteiger partial charge in [0.05, 0.1) is 0 Å². The van der Waals surface area contributed by atoms with E-state index in [9.17, 15) is 13.6 Å². The van der Waals surface area contributed by atoms with E-state index in [0.29, 0.717) is 19.4 Å². The molecule has 0 aliphatic carbocycles. The van der Waals surface area contributed by atoms with Crippen molar-refractivity contribution < 1.29 is 18.7 Å². The molecular formula is C9H15F2NO2. The summed E-state index contributed by atoms with van der Waals surface area (Å²) in [5.74, 6) is -0.821. The third-order valence-corrected chi connectivity index (χ3v) is 2.37. The van der Waals surface area contributed by atoms with Crippen molar-refractivity contribution in [2.75, 3.05) is 19.6 Å². The highest BCUT2D eigenvalue weighted by molar-refractivity contribution is 5.66. The van der Waals surface area contributed by atoms with Crippen molar-refractivity contribution in [1.29, 1.82) is 0 Å². The average molecular weight is 207 g/mol. The van der Waals surface area contributed by atoms with Crippen molar-refractivity contribution in [2.24, 2.45) is 0 Å². The number of unbranched alkanes of at least 4 members (excludes halogenated alkanes) is 1. The van der Waals surface area contributed by atoms with E-state index in [1.54, 1.807) is 4.90 Å². The van der Waals surface area contributed by atoms with E-state index in [-0.39, 0.29) is 19.5 Å². The Bertz CT molecular complexity index is 191. The van der Waals surface area contributed by atoms with Gasteiger partial charge in [-0.05, 0) is 19.4 Å². The minimum absolute atomic E-state index is 0.131. The molecule has 0 unspecified atom stereocenters. The van der Waals surface area contributed by atoms with Gasteiger partial charge in [0.1, 0.15) is 12.3 Å². The Morgan fingerprint density at radius 2 is 1.86 bits per heavy atom. The zero-order valence-electron chi connectivity index (χ0n) is 7.96. The molecule has 0 aromatic carbocycles. The predicted octanol–water partition coefficient (Wildman–Crippen LogP) is 1.23. The Hall–Kier alpha value is -0.710. The van der Waals surface area contributed by atoms with Crippen LogP contribution in [-0.4, -0.2) is 48.0 Å². The molecule has 2 atom stereocenters. The van der Waals surface area contributed by atoms with Gasteiger partial charge in [-0.3, -0.25) is 9.69 Å². The van der Waals surface area contributed by atoms with Crippen LogP contribution in [0, 0.1) is 0 Å². The van der Waals surface area contributed by atoms with E-state index in [2.05, 4.69) is 0 Å².